The zero-order valence-corrected chi connectivity index (χ0v) is 16.1. The molecule has 0 spiro atoms. The van der Waals surface area contributed by atoms with Crippen LogP contribution in [0.1, 0.15) is 11.4 Å². The van der Waals surface area contributed by atoms with Crippen LogP contribution in [0.4, 0.5) is 0 Å². The molecule has 2 N–H and O–H groups in total. The maximum atomic E-state index is 4.48. The van der Waals surface area contributed by atoms with Crippen molar-refractivity contribution in [3.8, 4) is 0 Å². The van der Waals surface area contributed by atoms with Gasteiger partial charge < -0.3 is 10.6 Å². The fraction of sp³-hybridized carbons (Fsp3) is 0.235. The number of halogens is 1. The third-order valence-corrected chi connectivity index (χ3v) is 3.76. The predicted molar refractivity (Wildman–Crippen MR) is 107 cm³/mol. The molecule has 3 aromatic rings. The predicted octanol–water partition coefficient (Wildman–Crippen LogP) is 2.45. The van der Waals surface area contributed by atoms with E-state index in [0.29, 0.717) is 13.1 Å². The number of aliphatic imine (C=N–C) groups is 1. The van der Waals surface area contributed by atoms with Gasteiger partial charge in [0.2, 0.25) is 0 Å². The number of nitrogens with one attached hydrogen (secondary N) is 2. The van der Waals surface area contributed by atoms with E-state index in [1.165, 1.54) is 5.39 Å². The van der Waals surface area contributed by atoms with Gasteiger partial charge in [-0.15, -0.1) is 24.0 Å². The molecule has 2 heterocycles. The van der Waals surface area contributed by atoms with E-state index in [4.69, 9.17) is 0 Å². The summed E-state index contributed by atoms with van der Waals surface area (Å²) in [4.78, 5) is 8.73. The number of rotatable bonds is 4. The molecule has 0 aliphatic rings. The van der Waals surface area contributed by atoms with Crippen molar-refractivity contribution in [3.05, 3.63) is 60.2 Å². The monoisotopic (exact) mass is 436 g/mol. The van der Waals surface area contributed by atoms with Gasteiger partial charge in [0, 0.05) is 31.9 Å². The summed E-state index contributed by atoms with van der Waals surface area (Å²) in [6.45, 7) is 1.28. The lowest BCUT2D eigenvalue weighted by Gasteiger charge is -2.12. The Hall–Kier alpha value is -2.16. The van der Waals surface area contributed by atoms with Crippen LogP contribution in [0.15, 0.2) is 53.8 Å². The minimum absolute atomic E-state index is 0. The molecule has 0 amide bonds. The topological polar surface area (TPSA) is 67.1 Å². The third-order valence-electron chi connectivity index (χ3n) is 3.76. The van der Waals surface area contributed by atoms with Gasteiger partial charge in [0.25, 0.3) is 0 Å². The third kappa shape index (κ3) is 4.22. The summed E-state index contributed by atoms with van der Waals surface area (Å²) in [6, 6.07) is 12.2. The number of aryl methyl sites for hydroxylation is 1. The quantitative estimate of drug-likeness (QED) is 0.375. The van der Waals surface area contributed by atoms with Gasteiger partial charge >= 0.3 is 0 Å². The van der Waals surface area contributed by atoms with Crippen molar-refractivity contribution in [1.29, 1.82) is 0 Å². The molecule has 126 valence electrons. The SMILES string of the molecule is CN=C(NCc1nccc2ccccc12)NCc1ccnn1C.I. The number of fused-ring (bicyclic) bond motifs is 1. The van der Waals surface area contributed by atoms with Crippen molar-refractivity contribution in [2.45, 2.75) is 13.1 Å². The van der Waals surface area contributed by atoms with Crippen LogP contribution in [-0.4, -0.2) is 27.8 Å². The second kappa shape index (κ2) is 8.62. The molecule has 2 aromatic heterocycles. The highest BCUT2D eigenvalue weighted by atomic mass is 127. The van der Waals surface area contributed by atoms with E-state index in [2.05, 4.69) is 37.8 Å². The lowest BCUT2D eigenvalue weighted by atomic mass is 10.1. The standard InChI is InChI=1S/C17H20N6.HI/c1-18-17(20-11-14-8-10-22-23(14)2)21-12-16-15-6-4-3-5-13(15)7-9-19-16;/h3-10H,11-12H2,1-2H3,(H2,18,20,21);1H. The molecule has 0 fully saturated rings. The van der Waals surface area contributed by atoms with Crippen molar-refractivity contribution in [2.75, 3.05) is 7.05 Å². The molecule has 0 atom stereocenters. The van der Waals surface area contributed by atoms with Gasteiger partial charge in [-0.2, -0.15) is 5.10 Å². The molecule has 7 heteroatoms. The van der Waals surface area contributed by atoms with Gasteiger partial charge in [-0.3, -0.25) is 14.7 Å². The Kier molecular flexibility index (Phi) is 6.53. The number of benzene rings is 1. The van der Waals surface area contributed by atoms with E-state index in [0.717, 1.165) is 22.7 Å². The average Bonchev–Trinajstić information content (AvgIpc) is 3.00. The van der Waals surface area contributed by atoms with Crippen LogP contribution < -0.4 is 10.6 Å². The number of guanidine groups is 1. The van der Waals surface area contributed by atoms with Gasteiger partial charge in [0.15, 0.2) is 5.96 Å². The minimum atomic E-state index is 0. The maximum Gasteiger partial charge on any atom is 0.191 e. The molecule has 0 unspecified atom stereocenters. The van der Waals surface area contributed by atoms with E-state index < -0.39 is 0 Å². The van der Waals surface area contributed by atoms with Gasteiger partial charge in [-0.05, 0) is 17.5 Å². The second-order valence-electron chi connectivity index (χ2n) is 5.20. The second-order valence-corrected chi connectivity index (χ2v) is 5.20. The Morgan fingerprint density at radius 1 is 1.08 bits per heavy atom. The number of hydrogen-bond donors (Lipinski definition) is 2. The normalized spacial score (nSPS) is 11.2. The first-order chi connectivity index (χ1) is 11.3. The molecule has 0 aliphatic heterocycles. The largest absolute Gasteiger partial charge is 0.351 e. The molecule has 24 heavy (non-hydrogen) atoms. The minimum Gasteiger partial charge on any atom is -0.351 e. The molecule has 0 bridgehead atoms. The van der Waals surface area contributed by atoms with Gasteiger partial charge in [-0.25, -0.2) is 0 Å². The van der Waals surface area contributed by atoms with Crippen molar-refractivity contribution in [3.63, 3.8) is 0 Å². The summed E-state index contributed by atoms with van der Waals surface area (Å²) < 4.78 is 1.84. The summed E-state index contributed by atoms with van der Waals surface area (Å²) >= 11 is 0. The maximum absolute atomic E-state index is 4.48. The Morgan fingerprint density at radius 2 is 1.88 bits per heavy atom. The Labute approximate surface area is 158 Å². The molecule has 0 aliphatic carbocycles. The smallest absolute Gasteiger partial charge is 0.191 e. The van der Waals surface area contributed by atoms with E-state index in [1.54, 1.807) is 13.2 Å². The van der Waals surface area contributed by atoms with Crippen LogP contribution >= 0.6 is 24.0 Å². The van der Waals surface area contributed by atoms with E-state index in [9.17, 15) is 0 Å². The number of aromatic nitrogens is 3. The molecular formula is C17H21IN6. The first-order valence-electron chi connectivity index (χ1n) is 7.52. The highest BCUT2D eigenvalue weighted by molar-refractivity contribution is 14.0. The summed E-state index contributed by atoms with van der Waals surface area (Å²) in [6.07, 6.45) is 3.62. The zero-order valence-electron chi connectivity index (χ0n) is 13.7. The average molecular weight is 436 g/mol. The van der Waals surface area contributed by atoms with Crippen LogP contribution in [0.25, 0.3) is 10.8 Å². The first kappa shape index (κ1) is 18.2. The van der Waals surface area contributed by atoms with Crippen molar-refractivity contribution in [2.24, 2.45) is 12.0 Å². The lowest BCUT2D eigenvalue weighted by molar-refractivity contribution is 0.684. The number of nitrogens with zero attached hydrogens (tertiary/aromatic N) is 4. The Balaban J connectivity index is 0.00000208. The van der Waals surface area contributed by atoms with Crippen LogP contribution in [0, 0.1) is 0 Å². The number of hydrogen-bond acceptors (Lipinski definition) is 3. The lowest BCUT2D eigenvalue weighted by Crippen LogP contribution is -2.37. The summed E-state index contributed by atoms with van der Waals surface area (Å²) in [5.74, 6) is 0.737. The van der Waals surface area contributed by atoms with Gasteiger partial charge in [0.05, 0.1) is 24.5 Å². The summed E-state index contributed by atoms with van der Waals surface area (Å²) in [7, 11) is 3.68. The van der Waals surface area contributed by atoms with E-state index >= 15 is 0 Å². The van der Waals surface area contributed by atoms with Crippen LogP contribution in [-0.2, 0) is 20.1 Å². The van der Waals surface area contributed by atoms with E-state index in [1.807, 2.05) is 42.2 Å². The van der Waals surface area contributed by atoms with Crippen molar-refractivity contribution in [1.82, 2.24) is 25.4 Å². The molecule has 6 nitrogen and oxygen atoms in total. The molecule has 0 saturated carbocycles. The fourth-order valence-electron chi connectivity index (χ4n) is 2.46. The van der Waals surface area contributed by atoms with Crippen LogP contribution in [0.5, 0.6) is 0 Å². The zero-order chi connectivity index (χ0) is 16.1. The molecule has 0 saturated heterocycles. The Morgan fingerprint density at radius 3 is 2.62 bits per heavy atom. The van der Waals surface area contributed by atoms with Crippen LogP contribution in [0.2, 0.25) is 0 Å². The molecule has 3 rings (SSSR count). The van der Waals surface area contributed by atoms with Gasteiger partial charge in [0.1, 0.15) is 0 Å². The molecular weight excluding hydrogens is 415 g/mol. The Bertz CT molecular complexity index is 821. The summed E-state index contributed by atoms with van der Waals surface area (Å²) in [5, 5.41) is 13.1. The first-order valence-corrected chi connectivity index (χ1v) is 7.52. The van der Waals surface area contributed by atoms with E-state index in [-0.39, 0.29) is 24.0 Å². The number of pyridine rings is 1. The molecule has 0 radical (unpaired) electrons. The highest BCUT2D eigenvalue weighted by Gasteiger charge is 2.04. The molecule has 1 aromatic carbocycles. The summed E-state index contributed by atoms with van der Waals surface area (Å²) in [5.41, 5.74) is 2.10. The fourth-order valence-corrected chi connectivity index (χ4v) is 2.46. The highest BCUT2D eigenvalue weighted by Crippen LogP contribution is 2.15. The van der Waals surface area contributed by atoms with Gasteiger partial charge in [-0.1, -0.05) is 24.3 Å². The van der Waals surface area contributed by atoms with Crippen molar-refractivity contribution < 1.29 is 0 Å². The van der Waals surface area contributed by atoms with Crippen LogP contribution in [0.3, 0.4) is 0 Å². The van der Waals surface area contributed by atoms with Crippen molar-refractivity contribution >= 4 is 40.7 Å².